The minimum Gasteiger partial charge on any atom is -0.222 e. The van der Waals surface area contributed by atoms with Gasteiger partial charge in [-0.3, -0.25) is 0 Å². The molecule has 0 amide bonds. The van der Waals surface area contributed by atoms with Crippen LogP contribution in [0.3, 0.4) is 0 Å². The Labute approximate surface area is 98.3 Å². The molecule has 13 heavy (non-hydrogen) atoms. The number of aryl methyl sites for hydroxylation is 2. The Morgan fingerprint density at radius 2 is 1.69 bits per heavy atom. The molecule has 0 atom stereocenters. The van der Waals surface area contributed by atoms with Gasteiger partial charge in [-0.2, -0.15) is 5.10 Å². The topological polar surface area (TPSA) is 98.8 Å². The average molecular weight is 211 g/mol. The van der Waals surface area contributed by atoms with Crippen LogP contribution in [0.5, 0.6) is 0 Å². The summed E-state index contributed by atoms with van der Waals surface area (Å²) >= 11 is 0. The maximum atomic E-state index is 10.7. The quantitative estimate of drug-likeness (QED) is 0.585. The second kappa shape index (κ2) is 4.43. The van der Waals surface area contributed by atoms with Gasteiger partial charge in [-0.1, -0.05) is 0 Å². The first kappa shape index (κ1) is 12.9. The van der Waals surface area contributed by atoms with Crippen LogP contribution in [-0.2, 0) is 10.0 Å². The largest absolute Gasteiger partial charge is 0.282 e. The van der Waals surface area contributed by atoms with Crippen LogP contribution in [0.4, 0.5) is 0 Å². The fourth-order valence-corrected chi connectivity index (χ4v) is 0.976. The van der Waals surface area contributed by atoms with Crippen LogP contribution < -0.4 is 5.14 Å². The van der Waals surface area contributed by atoms with Gasteiger partial charge in [0.25, 0.3) is 15.2 Å². The molecular weight excluding hydrogens is 203 g/mol. The van der Waals surface area contributed by atoms with Crippen molar-refractivity contribution in [3.8, 4) is 0 Å². The molecule has 0 aliphatic carbocycles. The molecule has 6 nitrogen and oxygen atoms in total. The molecule has 0 aliphatic rings. The molecule has 0 aliphatic heterocycles. The summed E-state index contributed by atoms with van der Waals surface area (Å²) in [5.41, 5.74) is 1.09. The standard InChI is InChI=1S/C5H8N4O2S.Na/c1-3-4(2)8-9-5(7-3)12(6,10)11;/h1-2H3,(H2,6,10,11);. The van der Waals surface area contributed by atoms with Gasteiger partial charge in [0.1, 0.15) is 0 Å². The van der Waals surface area contributed by atoms with E-state index in [1.807, 2.05) is 0 Å². The SMILES string of the molecule is Cc1nnc(S(N)(=O)=O)nc1C.[Na]. The molecule has 0 aromatic carbocycles. The summed E-state index contributed by atoms with van der Waals surface area (Å²) in [5, 5.41) is 11.3. The summed E-state index contributed by atoms with van der Waals surface area (Å²) in [7, 11) is -3.83. The van der Waals surface area contributed by atoms with Crippen molar-refractivity contribution >= 4 is 39.6 Å². The Morgan fingerprint density at radius 3 is 2.08 bits per heavy atom. The van der Waals surface area contributed by atoms with Crippen molar-refractivity contribution in [2.75, 3.05) is 0 Å². The fraction of sp³-hybridized carbons (Fsp3) is 0.400. The fourth-order valence-electron chi connectivity index (χ4n) is 0.557. The molecule has 0 unspecified atom stereocenters. The van der Waals surface area contributed by atoms with Crippen molar-refractivity contribution in [1.29, 1.82) is 0 Å². The maximum Gasteiger partial charge on any atom is 0.282 e. The minimum atomic E-state index is -3.83. The molecule has 67 valence electrons. The van der Waals surface area contributed by atoms with Crippen molar-refractivity contribution < 1.29 is 8.42 Å². The van der Waals surface area contributed by atoms with E-state index in [1.165, 1.54) is 0 Å². The Morgan fingerprint density at radius 1 is 1.15 bits per heavy atom. The zero-order valence-electron chi connectivity index (χ0n) is 7.64. The molecule has 0 bridgehead atoms. The molecule has 1 rings (SSSR count). The third kappa shape index (κ3) is 3.28. The second-order valence-corrected chi connectivity index (χ2v) is 3.77. The first-order valence-corrected chi connectivity index (χ1v) is 4.66. The summed E-state index contributed by atoms with van der Waals surface area (Å²) in [6, 6.07) is 0. The number of aromatic nitrogens is 3. The third-order valence-electron chi connectivity index (χ3n) is 1.33. The average Bonchev–Trinajstić information content (AvgIpc) is 1.92. The van der Waals surface area contributed by atoms with E-state index in [1.54, 1.807) is 13.8 Å². The molecule has 1 aromatic rings. The number of rotatable bonds is 1. The van der Waals surface area contributed by atoms with Gasteiger partial charge in [-0.25, -0.2) is 18.5 Å². The van der Waals surface area contributed by atoms with E-state index in [2.05, 4.69) is 15.2 Å². The summed E-state index contributed by atoms with van der Waals surface area (Å²) in [5.74, 6) is 0. The number of hydrogen-bond acceptors (Lipinski definition) is 5. The van der Waals surface area contributed by atoms with Gasteiger partial charge in [-0.05, 0) is 13.8 Å². The first-order valence-electron chi connectivity index (χ1n) is 3.12. The van der Waals surface area contributed by atoms with Crippen molar-refractivity contribution in [1.82, 2.24) is 15.2 Å². The zero-order chi connectivity index (χ0) is 9.35. The van der Waals surface area contributed by atoms with E-state index >= 15 is 0 Å². The van der Waals surface area contributed by atoms with Crippen LogP contribution in [0.15, 0.2) is 5.16 Å². The van der Waals surface area contributed by atoms with Gasteiger partial charge in [-0.15, -0.1) is 5.10 Å². The number of hydrogen-bond donors (Lipinski definition) is 1. The normalized spacial score (nSPS) is 10.7. The molecule has 1 heterocycles. The Bertz CT molecular complexity index is 405. The van der Waals surface area contributed by atoms with Gasteiger partial charge in [0.15, 0.2) is 0 Å². The summed E-state index contributed by atoms with van der Waals surface area (Å²) in [4.78, 5) is 3.66. The van der Waals surface area contributed by atoms with Crippen molar-refractivity contribution in [3.63, 3.8) is 0 Å². The van der Waals surface area contributed by atoms with Gasteiger partial charge in [0.05, 0.1) is 11.4 Å². The molecular formula is C5H8N4NaO2S. The molecule has 0 saturated carbocycles. The molecule has 8 heteroatoms. The number of sulfonamides is 1. The second-order valence-electron chi connectivity index (χ2n) is 2.31. The van der Waals surface area contributed by atoms with Crippen molar-refractivity contribution in [2.45, 2.75) is 19.0 Å². The Hall–Kier alpha value is -0.0800. The van der Waals surface area contributed by atoms with Crippen LogP contribution in [-0.4, -0.2) is 53.2 Å². The van der Waals surface area contributed by atoms with Gasteiger partial charge < -0.3 is 0 Å². The van der Waals surface area contributed by atoms with Crippen LogP contribution in [0.25, 0.3) is 0 Å². The van der Waals surface area contributed by atoms with Crippen LogP contribution in [0.1, 0.15) is 11.4 Å². The van der Waals surface area contributed by atoms with Gasteiger partial charge >= 0.3 is 0 Å². The van der Waals surface area contributed by atoms with E-state index in [9.17, 15) is 8.42 Å². The van der Waals surface area contributed by atoms with E-state index in [-0.39, 0.29) is 29.6 Å². The van der Waals surface area contributed by atoms with Crippen LogP contribution >= 0.6 is 0 Å². The summed E-state index contributed by atoms with van der Waals surface area (Å²) in [6.07, 6.45) is 0. The number of nitrogens with two attached hydrogens (primary N) is 1. The molecule has 0 fully saturated rings. The van der Waals surface area contributed by atoms with E-state index in [0.717, 1.165) is 0 Å². The molecule has 0 saturated heterocycles. The predicted octanol–water partition coefficient (Wildman–Crippen LogP) is -1.24. The summed E-state index contributed by atoms with van der Waals surface area (Å²) < 4.78 is 21.4. The van der Waals surface area contributed by atoms with Gasteiger partial charge in [0, 0.05) is 29.6 Å². The van der Waals surface area contributed by atoms with E-state index < -0.39 is 15.2 Å². The number of nitrogens with zero attached hydrogens (tertiary/aromatic N) is 3. The number of primary sulfonamides is 1. The monoisotopic (exact) mass is 211 g/mol. The van der Waals surface area contributed by atoms with E-state index in [0.29, 0.717) is 11.4 Å². The third-order valence-corrected chi connectivity index (χ3v) is 2.01. The maximum absolute atomic E-state index is 10.7. The summed E-state index contributed by atoms with van der Waals surface area (Å²) in [6.45, 7) is 3.32. The molecule has 1 aromatic heterocycles. The van der Waals surface area contributed by atoms with Crippen molar-refractivity contribution in [3.05, 3.63) is 11.4 Å². The predicted molar refractivity (Wildman–Crippen MR) is 46.4 cm³/mol. The Kier molecular flexibility index (Phi) is 4.40. The minimum absolute atomic E-state index is 0. The van der Waals surface area contributed by atoms with Gasteiger partial charge in [0.2, 0.25) is 0 Å². The zero-order valence-corrected chi connectivity index (χ0v) is 10.5. The molecule has 2 N–H and O–H groups in total. The van der Waals surface area contributed by atoms with Crippen molar-refractivity contribution in [2.24, 2.45) is 5.14 Å². The van der Waals surface area contributed by atoms with Crippen LogP contribution in [0, 0.1) is 13.8 Å². The van der Waals surface area contributed by atoms with E-state index in [4.69, 9.17) is 5.14 Å². The van der Waals surface area contributed by atoms with Crippen LogP contribution in [0.2, 0.25) is 0 Å². The first-order chi connectivity index (χ1) is 5.41. The molecule has 0 spiro atoms. The smallest absolute Gasteiger partial charge is 0.222 e. The molecule has 1 radical (unpaired) electrons. The Balaban J connectivity index is 0.00000144.